The van der Waals surface area contributed by atoms with Crippen molar-refractivity contribution in [3.05, 3.63) is 107 Å². The van der Waals surface area contributed by atoms with E-state index in [0.717, 1.165) is 47.7 Å². The molecule has 0 radical (unpaired) electrons. The molecule has 0 spiro atoms. The number of hydrogen-bond donors (Lipinski definition) is 1. The van der Waals surface area contributed by atoms with E-state index in [-0.39, 0.29) is 24.4 Å². The quantitative estimate of drug-likeness (QED) is 0.295. The highest BCUT2D eigenvalue weighted by Gasteiger charge is 2.52. The minimum absolute atomic E-state index is 0.101. The molecule has 0 bridgehead atoms. The fraction of sp³-hybridized carbons (Fsp3) is 0.333. The van der Waals surface area contributed by atoms with Crippen molar-refractivity contribution in [2.45, 2.75) is 69.6 Å². The Morgan fingerprint density at radius 2 is 1.59 bits per heavy atom. The lowest BCUT2D eigenvalue weighted by atomic mass is 9.83. The number of hydrogen-bond acceptors (Lipinski definition) is 2. The molecule has 200 valence electrons. The molecule has 2 amide bonds. The molecular formula is C33H34ClN3O2. The van der Waals surface area contributed by atoms with E-state index in [2.05, 4.69) is 5.32 Å². The molecule has 1 aliphatic heterocycles. The summed E-state index contributed by atoms with van der Waals surface area (Å²) in [5, 5.41) is 5.04. The predicted octanol–water partition coefficient (Wildman–Crippen LogP) is 7.08. The maximum atomic E-state index is 14.7. The molecule has 2 heterocycles. The van der Waals surface area contributed by atoms with Crippen LogP contribution in [0.25, 0.3) is 10.9 Å². The molecule has 4 aromatic rings. The summed E-state index contributed by atoms with van der Waals surface area (Å²) >= 11 is 6.35. The van der Waals surface area contributed by atoms with Crippen molar-refractivity contribution in [2.75, 3.05) is 0 Å². The first-order valence-corrected chi connectivity index (χ1v) is 14.5. The van der Waals surface area contributed by atoms with E-state index < -0.39 is 5.54 Å². The lowest BCUT2D eigenvalue weighted by molar-refractivity contribution is -0.136. The molecule has 1 unspecified atom stereocenters. The Kier molecular flexibility index (Phi) is 7.18. The zero-order valence-electron chi connectivity index (χ0n) is 22.1. The monoisotopic (exact) mass is 539 g/mol. The molecule has 2 aliphatic rings. The average Bonchev–Trinajstić information content (AvgIpc) is 3.31. The van der Waals surface area contributed by atoms with Crippen molar-refractivity contribution < 1.29 is 9.59 Å². The molecule has 6 rings (SSSR count). The Bertz CT molecular complexity index is 1490. The molecule has 1 fully saturated rings. The Morgan fingerprint density at radius 3 is 2.36 bits per heavy atom. The van der Waals surface area contributed by atoms with E-state index in [9.17, 15) is 9.59 Å². The molecule has 1 saturated carbocycles. The van der Waals surface area contributed by atoms with Gasteiger partial charge >= 0.3 is 0 Å². The van der Waals surface area contributed by atoms with E-state index in [4.69, 9.17) is 11.6 Å². The van der Waals surface area contributed by atoms with Gasteiger partial charge in [-0.2, -0.15) is 0 Å². The van der Waals surface area contributed by atoms with Crippen molar-refractivity contribution in [3.8, 4) is 0 Å². The minimum atomic E-state index is -1.22. The topological polar surface area (TPSA) is 54.3 Å². The van der Waals surface area contributed by atoms with Crippen molar-refractivity contribution in [1.29, 1.82) is 0 Å². The summed E-state index contributed by atoms with van der Waals surface area (Å²) in [5.41, 5.74) is 2.04. The summed E-state index contributed by atoms with van der Waals surface area (Å²) in [5.74, 6) is -0.271. The number of para-hydroxylation sites is 1. The number of nitrogens with zero attached hydrogens (tertiary/aromatic N) is 2. The van der Waals surface area contributed by atoms with Crippen molar-refractivity contribution in [1.82, 2.24) is 14.8 Å². The zero-order chi connectivity index (χ0) is 26.8. The van der Waals surface area contributed by atoms with Gasteiger partial charge in [0.2, 0.25) is 0 Å². The number of fused-ring (bicyclic) bond motifs is 3. The second-order valence-electron chi connectivity index (χ2n) is 10.9. The van der Waals surface area contributed by atoms with Crippen LogP contribution in [0.2, 0.25) is 5.02 Å². The zero-order valence-corrected chi connectivity index (χ0v) is 22.9. The lowest BCUT2D eigenvalue weighted by Gasteiger charge is -2.47. The van der Waals surface area contributed by atoms with Crippen molar-refractivity contribution >= 4 is 34.3 Å². The first-order chi connectivity index (χ1) is 19.1. The number of benzene rings is 3. The number of nitrogens with one attached hydrogen (secondary N) is 1. The summed E-state index contributed by atoms with van der Waals surface area (Å²) in [4.78, 5) is 31.0. The van der Waals surface area contributed by atoms with Crippen LogP contribution in [0.5, 0.6) is 0 Å². The standard InChI is InChI=1S/C33H34ClN3O2/c34-27-16-11-12-24(20-27)22-37-31(38)30-21-25-13-9-10-19-29(25)36(30)23-33(37,26-14-5-4-6-15-26)32(39)35-28-17-7-2-1-3-8-18-28/h4-6,9-16,19-21,28H,1-3,7-8,17-18,22-23H2,(H,35,39). The third-order valence-electron chi connectivity index (χ3n) is 8.42. The van der Waals surface area contributed by atoms with Gasteiger partial charge in [-0.15, -0.1) is 0 Å². The van der Waals surface area contributed by atoms with E-state index in [1.54, 1.807) is 4.90 Å². The van der Waals surface area contributed by atoms with Crippen LogP contribution in [0.1, 0.15) is 66.6 Å². The normalized spacial score (nSPS) is 20.3. The van der Waals surface area contributed by atoms with Crippen LogP contribution >= 0.6 is 11.6 Å². The largest absolute Gasteiger partial charge is 0.351 e. The number of amides is 2. The van der Waals surface area contributed by atoms with Gasteiger partial charge in [-0.25, -0.2) is 0 Å². The molecule has 5 nitrogen and oxygen atoms in total. The van der Waals surface area contributed by atoms with E-state index in [0.29, 0.717) is 17.3 Å². The van der Waals surface area contributed by atoms with Crippen LogP contribution in [-0.2, 0) is 23.4 Å². The van der Waals surface area contributed by atoms with Crippen molar-refractivity contribution in [3.63, 3.8) is 0 Å². The summed E-state index contributed by atoms with van der Waals surface area (Å²) in [6.07, 6.45) is 7.83. The maximum Gasteiger partial charge on any atom is 0.272 e. The van der Waals surface area contributed by atoms with Gasteiger partial charge < -0.3 is 14.8 Å². The molecule has 39 heavy (non-hydrogen) atoms. The van der Waals surface area contributed by atoms with Gasteiger partial charge in [0.15, 0.2) is 5.54 Å². The van der Waals surface area contributed by atoms with Gasteiger partial charge in [0, 0.05) is 28.5 Å². The smallest absolute Gasteiger partial charge is 0.272 e. The van der Waals surface area contributed by atoms with Gasteiger partial charge in [0.1, 0.15) is 5.69 Å². The second-order valence-corrected chi connectivity index (χ2v) is 11.4. The maximum absolute atomic E-state index is 14.7. The van der Waals surface area contributed by atoms with Crippen LogP contribution in [-0.4, -0.2) is 27.3 Å². The summed E-state index contributed by atoms with van der Waals surface area (Å²) in [6, 6.07) is 27.4. The van der Waals surface area contributed by atoms with Gasteiger partial charge in [-0.1, -0.05) is 104 Å². The first kappa shape index (κ1) is 25.7. The fourth-order valence-corrected chi connectivity index (χ4v) is 6.61. The van der Waals surface area contributed by atoms with Gasteiger partial charge in [-0.05, 0) is 48.2 Å². The summed E-state index contributed by atoms with van der Waals surface area (Å²) < 4.78 is 2.04. The predicted molar refractivity (Wildman–Crippen MR) is 156 cm³/mol. The van der Waals surface area contributed by atoms with E-state index >= 15 is 0 Å². The third-order valence-corrected chi connectivity index (χ3v) is 8.65. The van der Waals surface area contributed by atoms with Gasteiger partial charge in [0.05, 0.1) is 6.54 Å². The van der Waals surface area contributed by atoms with Crippen LogP contribution in [0.3, 0.4) is 0 Å². The van der Waals surface area contributed by atoms with Crippen LogP contribution < -0.4 is 5.32 Å². The summed E-state index contributed by atoms with van der Waals surface area (Å²) in [6.45, 7) is 0.610. The minimum Gasteiger partial charge on any atom is -0.351 e. The molecule has 1 aliphatic carbocycles. The molecule has 1 atom stereocenters. The SMILES string of the molecule is O=C1c2cc3ccccc3n2CC(C(=O)NC2CCCCCCC2)(c2ccccc2)N1Cc1cccc(Cl)c1. The molecule has 1 N–H and O–H groups in total. The Balaban J connectivity index is 1.51. The highest BCUT2D eigenvalue weighted by molar-refractivity contribution is 6.30. The highest BCUT2D eigenvalue weighted by atomic mass is 35.5. The number of aromatic nitrogens is 1. The number of carbonyl (C=O) groups is 2. The molecule has 1 aromatic heterocycles. The average molecular weight is 540 g/mol. The molecule has 0 saturated heterocycles. The second kappa shape index (κ2) is 10.9. The van der Waals surface area contributed by atoms with Crippen LogP contribution in [0, 0.1) is 0 Å². The van der Waals surface area contributed by atoms with Crippen molar-refractivity contribution in [2.24, 2.45) is 0 Å². The Hall–Kier alpha value is -3.57. The Morgan fingerprint density at radius 1 is 0.872 bits per heavy atom. The van der Waals surface area contributed by atoms with Crippen LogP contribution in [0.4, 0.5) is 0 Å². The molecule has 3 aromatic carbocycles. The van der Waals surface area contributed by atoms with Gasteiger partial charge in [-0.3, -0.25) is 9.59 Å². The third kappa shape index (κ3) is 4.85. The molecular weight excluding hydrogens is 506 g/mol. The number of halogens is 1. The Labute approximate surface area is 234 Å². The first-order valence-electron chi connectivity index (χ1n) is 14.1. The number of rotatable bonds is 5. The number of carbonyl (C=O) groups excluding carboxylic acids is 2. The highest BCUT2D eigenvalue weighted by Crippen LogP contribution is 2.40. The van der Waals surface area contributed by atoms with Crippen LogP contribution in [0.15, 0.2) is 84.9 Å². The molecule has 6 heteroatoms. The van der Waals surface area contributed by atoms with Gasteiger partial charge in [0.25, 0.3) is 11.8 Å². The van der Waals surface area contributed by atoms with E-state index in [1.807, 2.05) is 89.5 Å². The van der Waals surface area contributed by atoms with E-state index in [1.165, 1.54) is 19.3 Å². The lowest BCUT2D eigenvalue weighted by Crippen LogP contribution is -2.64. The summed E-state index contributed by atoms with van der Waals surface area (Å²) in [7, 11) is 0. The fourth-order valence-electron chi connectivity index (χ4n) is 6.40.